The first-order valence-corrected chi connectivity index (χ1v) is 9.66. The van der Waals surface area contributed by atoms with Gasteiger partial charge in [-0.2, -0.15) is 0 Å². The second-order valence-corrected chi connectivity index (χ2v) is 7.85. The van der Waals surface area contributed by atoms with Gasteiger partial charge in [-0.05, 0) is 55.5 Å². The van der Waals surface area contributed by atoms with Crippen molar-refractivity contribution in [2.45, 2.75) is 31.1 Å². The summed E-state index contributed by atoms with van der Waals surface area (Å²) in [6.07, 6.45) is 5.78. The van der Waals surface area contributed by atoms with Gasteiger partial charge >= 0.3 is 0 Å². The fraction of sp³-hybridized carbons (Fsp3) is 0.381. The lowest BCUT2D eigenvalue weighted by atomic mass is 9.77. The van der Waals surface area contributed by atoms with Gasteiger partial charge in [-0.25, -0.2) is 9.97 Å². The number of nitrogens with zero attached hydrogens (tertiary/aromatic N) is 3. The maximum Gasteiger partial charge on any atom is 0.270 e. The number of methoxy groups -OCH3 is 1. The van der Waals surface area contributed by atoms with Gasteiger partial charge in [0.05, 0.1) is 12.8 Å². The number of amides is 1. The van der Waals surface area contributed by atoms with Crippen molar-refractivity contribution in [2.75, 3.05) is 25.9 Å². The van der Waals surface area contributed by atoms with Crippen molar-refractivity contribution in [3.63, 3.8) is 0 Å². The molecule has 3 heterocycles. The molecule has 5 rings (SSSR count). The number of aromatic nitrogens is 3. The Morgan fingerprint density at radius 2 is 2.21 bits per heavy atom. The molecular weight excluding hydrogens is 354 g/mol. The van der Waals surface area contributed by atoms with E-state index in [4.69, 9.17) is 10.5 Å². The van der Waals surface area contributed by atoms with E-state index >= 15 is 0 Å². The number of hydrogen-bond acceptors (Lipinski definition) is 5. The monoisotopic (exact) mass is 377 g/mol. The number of nitrogens with two attached hydrogens (primary N) is 1. The molecule has 2 aromatic heterocycles. The number of H-pyrrole nitrogens is 1. The molecule has 1 unspecified atom stereocenters. The van der Waals surface area contributed by atoms with Crippen LogP contribution in [0.1, 0.15) is 41.0 Å². The fourth-order valence-electron chi connectivity index (χ4n) is 4.78. The summed E-state index contributed by atoms with van der Waals surface area (Å²) < 4.78 is 5.28. The zero-order chi connectivity index (χ0) is 19.3. The van der Waals surface area contributed by atoms with E-state index in [9.17, 15) is 4.79 Å². The van der Waals surface area contributed by atoms with E-state index < -0.39 is 0 Å². The SMILES string of the molecule is COc1ccc2[nH]c(C(=O)N3CCCC4(CCc5cnc(N)nc54)C3)cc2c1. The number of aryl methyl sites for hydroxylation is 1. The number of anilines is 1. The number of carbonyl (C=O) groups excluding carboxylic acids is 1. The molecule has 0 radical (unpaired) electrons. The number of hydrogen-bond donors (Lipinski definition) is 2. The largest absolute Gasteiger partial charge is 0.497 e. The first-order valence-electron chi connectivity index (χ1n) is 9.66. The molecule has 0 saturated carbocycles. The molecule has 7 nitrogen and oxygen atoms in total. The van der Waals surface area contributed by atoms with Crippen molar-refractivity contribution in [1.82, 2.24) is 19.9 Å². The van der Waals surface area contributed by atoms with Crippen LogP contribution in [0.2, 0.25) is 0 Å². The summed E-state index contributed by atoms with van der Waals surface area (Å²) >= 11 is 0. The number of benzene rings is 1. The van der Waals surface area contributed by atoms with Crippen molar-refractivity contribution in [2.24, 2.45) is 0 Å². The quantitative estimate of drug-likeness (QED) is 0.716. The van der Waals surface area contributed by atoms with Crippen LogP contribution in [0.25, 0.3) is 10.9 Å². The normalized spacial score (nSPS) is 21.2. The smallest absolute Gasteiger partial charge is 0.270 e. The molecule has 1 saturated heterocycles. The van der Waals surface area contributed by atoms with Gasteiger partial charge in [0.1, 0.15) is 11.4 Å². The molecule has 7 heteroatoms. The van der Waals surface area contributed by atoms with Gasteiger partial charge in [0.25, 0.3) is 5.91 Å². The Bertz CT molecular complexity index is 1070. The molecule has 1 fully saturated rings. The number of nitrogens with one attached hydrogen (secondary N) is 1. The molecule has 3 N–H and O–H groups in total. The van der Waals surface area contributed by atoms with E-state index in [-0.39, 0.29) is 11.3 Å². The predicted octanol–water partition coefficient (Wildman–Crippen LogP) is 2.67. The maximum atomic E-state index is 13.2. The number of aromatic amines is 1. The molecular formula is C21H23N5O2. The molecule has 1 spiro atoms. The number of carbonyl (C=O) groups is 1. The summed E-state index contributed by atoms with van der Waals surface area (Å²) in [6, 6.07) is 7.68. The topological polar surface area (TPSA) is 97.1 Å². The van der Waals surface area contributed by atoms with E-state index in [1.54, 1.807) is 7.11 Å². The Labute approximate surface area is 162 Å². The van der Waals surface area contributed by atoms with E-state index in [1.165, 1.54) is 5.56 Å². The van der Waals surface area contributed by atoms with Crippen molar-refractivity contribution in [1.29, 1.82) is 0 Å². The van der Waals surface area contributed by atoms with Gasteiger partial charge in [-0.1, -0.05) is 0 Å². The summed E-state index contributed by atoms with van der Waals surface area (Å²) in [5.41, 5.74) is 9.51. The molecule has 144 valence electrons. The molecule has 1 aromatic carbocycles. The summed E-state index contributed by atoms with van der Waals surface area (Å²) in [5.74, 6) is 1.13. The summed E-state index contributed by atoms with van der Waals surface area (Å²) in [5, 5.41) is 0.973. The Morgan fingerprint density at radius 3 is 3.07 bits per heavy atom. The second kappa shape index (κ2) is 6.22. The van der Waals surface area contributed by atoms with Crippen LogP contribution in [-0.4, -0.2) is 46.0 Å². The number of rotatable bonds is 2. The third-order valence-electron chi connectivity index (χ3n) is 6.18. The van der Waals surface area contributed by atoms with Gasteiger partial charge in [0.2, 0.25) is 5.95 Å². The van der Waals surface area contributed by atoms with Crippen molar-refractivity contribution in [3.8, 4) is 5.75 Å². The lowest BCUT2D eigenvalue weighted by Gasteiger charge is -2.40. The van der Waals surface area contributed by atoms with Crippen molar-refractivity contribution < 1.29 is 9.53 Å². The molecule has 2 aliphatic rings. The minimum Gasteiger partial charge on any atom is -0.497 e. The number of likely N-dealkylation sites (tertiary alicyclic amines) is 1. The van der Waals surface area contributed by atoms with E-state index in [1.807, 2.05) is 35.4 Å². The van der Waals surface area contributed by atoms with Gasteiger partial charge < -0.3 is 20.4 Å². The van der Waals surface area contributed by atoms with Crippen LogP contribution < -0.4 is 10.5 Å². The molecule has 1 aliphatic heterocycles. The average molecular weight is 377 g/mol. The minimum absolute atomic E-state index is 0.0321. The van der Waals surface area contributed by atoms with Gasteiger partial charge in [-0.3, -0.25) is 4.79 Å². The number of ether oxygens (including phenoxy) is 1. The van der Waals surface area contributed by atoms with Crippen LogP contribution in [0.3, 0.4) is 0 Å². The summed E-state index contributed by atoms with van der Waals surface area (Å²) in [4.78, 5) is 27.2. The van der Waals surface area contributed by atoms with Crippen LogP contribution in [0.15, 0.2) is 30.5 Å². The van der Waals surface area contributed by atoms with E-state index in [2.05, 4.69) is 15.0 Å². The Balaban J connectivity index is 1.45. The average Bonchev–Trinajstić information content (AvgIpc) is 3.29. The third-order valence-corrected chi connectivity index (χ3v) is 6.18. The van der Waals surface area contributed by atoms with Crippen LogP contribution in [-0.2, 0) is 11.8 Å². The number of fused-ring (bicyclic) bond motifs is 3. The standard InChI is InChI=1S/C21H23N5O2/c1-28-15-3-4-16-14(9-15)10-17(24-16)19(27)26-8-2-6-21(12-26)7-5-13-11-23-20(22)25-18(13)21/h3-4,9-11,24H,2,5-8,12H2,1H3,(H2,22,23,25). The van der Waals surface area contributed by atoms with Crippen LogP contribution in [0.4, 0.5) is 5.95 Å². The lowest BCUT2D eigenvalue weighted by molar-refractivity contribution is 0.0628. The molecule has 28 heavy (non-hydrogen) atoms. The van der Waals surface area contributed by atoms with Gasteiger partial charge in [0.15, 0.2) is 0 Å². The van der Waals surface area contributed by atoms with Crippen molar-refractivity contribution in [3.05, 3.63) is 47.4 Å². The minimum atomic E-state index is -0.102. The van der Waals surface area contributed by atoms with Gasteiger partial charge in [-0.15, -0.1) is 0 Å². The molecule has 1 amide bonds. The number of piperidine rings is 1. The highest BCUT2D eigenvalue weighted by Gasteiger charge is 2.44. The second-order valence-electron chi connectivity index (χ2n) is 7.85. The lowest BCUT2D eigenvalue weighted by Crippen LogP contribution is -2.48. The van der Waals surface area contributed by atoms with Crippen LogP contribution in [0, 0.1) is 0 Å². The van der Waals surface area contributed by atoms with E-state index in [0.717, 1.165) is 54.6 Å². The first-order chi connectivity index (χ1) is 13.6. The summed E-state index contributed by atoms with van der Waals surface area (Å²) in [7, 11) is 1.64. The molecule has 1 aliphatic carbocycles. The van der Waals surface area contributed by atoms with Crippen LogP contribution >= 0.6 is 0 Å². The maximum absolute atomic E-state index is 13.2. The van der Waals surface area contributed by atoms with Crippen molar-refractivity contribution >= 4 is 22.8 Å². The third kappa shape index (κ3) is 2.61. The molecule has 1 atom stereocenters. The highest BCUT2D eigenvalue weighted by Crippen LogP contribution is 2.44. The predicted molar refractivity (Wildman–Crippen MR) is 106 cm³/mol. The molecule has 0 bridgehead atoms. The van der Waals surface area contributed by atoms with Crippen LogP contribution in [0.5, 0.6) is 5.75 Å². The zero-order valence-electron chi connectivity index (χ0n) is 15.9. The fourth-order valence-corrected chi connectivity index (χ4v) is 4.78. The van der Waals surface area contributed by atoms with Gasteiger partial charge in [0, 0.05) is 35.6 Å². The Morgan fingerprint density at radius 1 is 1.32 bits per heavy atom. The zero-order valence-corrected chi connectivity index (χ0v) is 15.9. The Kier molecular flexibility index (Phi) is 3.79. The highest BCUT2D eigenvalue weighted by molar-refractivity contribution is 5.98. The first kappa shape index (κ1) is 17.0. The highest BCUT2D eigenvalue weighted by atomic mass is 16.5. The molecule has 3 aromatic rings. The summed E-state index contributed by atoms with van der Waals surface area (Å²) in [6.45, 7) is 1.43. The van der Waals surface area contributed by atoms with E-state index in [0.29, 0.717) is 18.2 Å². The number of nitrogen functional groups attached to an aromatic ring is 1. The Hall–Kier alpha value is -3.09.